The zero-order valence-electron chi connectivity index (χ0n) is 14.2. The average Bonchev–Trinajstić information content (AvgIpc) is 2.55. The summed E-state index contributed by atoms with van der Waals surface area (Å²) in [6, 6.07) is 11.9. The third-order valence-corrected chi connectivity index (χ3v) is 4.35. The van der Waals surface area contributed by atoms with Gasteiger partial charge in [0.15, 0.2) is 5.96 Å². The first-order valence-corrected chi connectivity index (χ1v) is 8.48. The molecule has 0 aromatic heterocycles. The Morgan fingerprint density at radius 1 is 1.32 bits per heavy atom. The van der Waals surface area contributed by atoms with E-state index in [-0.39, 0.29) is 0 Å². The Morgan fingerprint density at radius 2 is 2.09 bits per heavy atom. The standard InChI is InChI=1S/C18H30N4/c1-4-11-20-18(19-3)21-17-10-12-22(15(2)13-17)14-16-8-6-5-7-9-16/h5-9,15,17H,4,10-14H2,1-3H3,(H2,19,20,21). The first-order valence-electron chi connectivity index (χ1n) is 8.48. The van der Waals surface area contributed by atoms with Crippen molar-refractivity contribution < 1.29 is 0 Å². The van der Waals surface area contributed by atoms with E-state index in [4.69, 9.17) is 0 Å². The van der Waals surface area contributed by atoms with Crippen LogP contribution < -0.4 is 10.6 Å². The van der Waals surface area contributed by atoms with Crippen molar-refractivity contribution in [3.8, 4) is 0 Å². The van der Waals surface area contributed by atoms with Gasteiger partial charge in [-0.15, -0.1) is 0 Å². The number of guanidine groups is 1. The van der Waals surface area contributed by atoms with Crippen molar-refractivity contribution in [1.82, 2.24) is 15.5 Å². The predicted molar refractivity (Wildman–Crippen MR) is 94.1 cm³/mol. The second kappa shape index (κ2) is 8.79. The normalized spacial score (nSPS) is 23.3. The molecule has 1 aliphatic rings. The first-order chi connectivity index (χ1) is 10.7. The highest BCUT2D eigenvalue weighted by molar-refractivity contribution is 5.79. The number of rotatable bonds is 5. The number of hydrogen-bond acceptors (Lipinski definition) is 2. The molecule has 0 spiro atoms. The van der Waals surface area contributed by atoms with Gasteiger partial charge in [-0.2, -0.15) is 0 Å². The van der Waals surface area contributed by atoms with Gasteiger partial charge < -0.3 is 10.6 Å². The van der Waals surface area contributed by atoms with Crippen molar-refractivity contribution >= 4 is 5.96 Å². The number of benzene rings is 1. The van der Waals surface area contributed by atoms with Crippen LogP contribution in [0.4, 0.5) is 0 Å². The summed E-state index contributed by atoms with van der Waals surface area (Å²) in [5.41, 5.74) is 1.40. The average molecular weight is 302 g/mol. The Bertz CT molecular complexity index is 457. The largest absolute Gasteiger partial charge is 0.356 e. The first kappa shape index (κ1) is 16.8. The van der Waals surface area contributed by atoms with E-state index in [0.29, 0.717) is 12.1 Å². The quantitative estimate of drug-likeness (QED) is 0.649. The summed E-state index contributed by atoms with van der Waals surface area (Å²) in [4.78, 5) is 6.89. The molecule has 122 valence electrons. The molecule has 2 rings (SSSR count). The fraction of sp³-hybridized carbons (Fsp3) is 0.611. The molecule has 0 amide bonds. The van der Waals surface area contributed by atoms with Gasteiger partial charge in [0.1, 0.15) is 0 Å². The Labute approximate surface area is 135 Å². The van der Waals surface area contributed by atoms with Crippen LogP contribution in [0.2, 0.25) is 0 Å². The van der Waals surface area contributed by atoms with Gasteiger partial charge in [0.05, 0.1) is 0 Å². The Morgan fingerprint density at radius 3 is 2.73 bits per heavy atom. The van der Waals surface area contributed by atoms with Crippen LogP contribution in [-0.4, -0.2) is 43.1 Å². The second-order valence-electron chi connectivity index (χ2n) is 6.17. The van der Waals surface area contributed by atoms with Crippen molar-refractivity contribution in [1.29, 1.82) is 0 Å². The molecule has 22 heavy (non-hydrogen) atoms. The van der Waals surface area contributed by atoms with Crippen molar-refractivity contribution in [2.75, 3.05) is 20.1 Å². The fourth-order valence-corrected chi connectivity index (χ4v) is 3.04. The van der Waals surface area contributed by atoms with Crippen LogP contribution in [-0.2, 0) is 6.54 Å². The Balaban J connectivity index is 1.82. The van der Waals surface area contributed by atoms with Crippen molar-refractivity contribution in [3.63, 3.8) is 0 Å². The number of aliphatic imine (C=N–C) groups is 1. The lowest BCUT2D eigenvalue weighted by Crippen LogP contribution is -2.51. The lowest BCUT2D eigenvalue weighted by molar-refractivity contribution is 0.134. The van der Waals surface area contributed by atoms with E-state index in [1.165, 1.54) is 18.4 Å². The monoisotopic (exact) mass is 302 g/mol. The fourth-order valence-electron chi connectivity index (χ4n) is 3.04. The number of nitrogens with one attached hydrogen (secondary N) is 2. The molecular formula is C18H30N4. The molecule has 0 bridgehead atoms. The van der Waals surface area contributed by atoms with Crippen LogP contribution in [0.15, 0.2) is 35.3 Å². The van der Waals surface area contributed by atoms with Crippen molar-refractivity contribution in [2.45, 2.75) is 51.7 Å². The summed E-state index contributed by atoms with van der Waals surface area (Å²) in [6.45, 7) is 7.67. The molecule has 0 radical (unpaired) electrons. The van der Waals surface area contributed by atoms with Crippen molar-refractivity contribution in [2.24, 2.45) is 4.99 Å². The third kappa shape index (κ3) is 5.02. The zero-order chi connectivity index (χ0) is 15.8. The van der Waals surface area contributed by atoms with Crippen LogP contribution in [0.25, 0.3) is 0 Å². The van der Waals surface area contributed by atoms with E-state index in [2.05, 4.69) is 64.7 Å². The lowest BCUT2D eigenvalue weighted by atomic mass is 9.97. The number of piperidine rings is 1. The smallest absolute Gasteiger partial charge is 0.191 e. The summed E-state index contributed by atoms with van der Waals surface area (Å²) < 4.78 is 0. The van der Waals surface area contributed by atoms with Gasteiger partial charge in [-0.05, 0) is 31.7 Å². The van der Waals surface area contributed by atoms with Crippen LogP contribution >= 0.6 is 0 Å². The van der Waals surface area contributed by atoms with E-state index in [1.54, 1.807) is 0 Å². The van der Waals surface area contributed by atoms with E-state index < -0.39 is 0 Å². The topological polar surface area (TPSA) is 39.7 Å². The molecule has 4 nitrogen and oxygen atoms in total. The number of hydrogen-bond donors (Lipinski definition) is 2. The minimum Gasteiger partial charge on any atom is -0.356 e. The minimum absolute atomic E-state index is 0.519. The zero-order valence-corrected chi connectivity index (χ0v) is 14.2. The van der Waals surface area contributed by atoms with Crippen LogP contribution in [0.3, 0.4) is 0 Å². The summed E-state index contributed by atoms with van der Waals surface area (Å²) >= 11 is 0. The van der Waals surface area contributed by atoms with Crippen molar-refractivity contribution in [3.05, 3.63) is 35.9 Å². The van der Waals surface area contributed by atoms with Gasteiger partial charge in [-0.3, -0.25) is 9.89 Å². The molecule has 0 aliphatic carbocycles. The molecule has 1 saturated heterocycles. The maximum Gasteiger partial charge on any atom is 0.191 e. The van der Waals surface area contributed by atoms with E-state index in [1.807, 2.05) is 7.05 Å². The lowest BCUT2D eigenvalue weighted by Gasteiger charge is -2.38. The molecule has 1 aromatic rings. The molecule has 0 saturated carbocycles. The highest BCUT2D eigenvalue weighted by Gasteiger charge is 2.25. The predicted octanol–water partition coefficient (Wildman–Crippen LogP) is 2.61. The molecule has 2 N–H and O–H groups in total. The van der Waals surface area contributed by atoms with Gasteiger partial charge in [0.25, 0.3) is 0 Å². The SMILES string of the molecule is CCCNC(=NC)NC1CCN(Cc2ccccc2)C(C)C1. The van der Waals surface area contributed by atoms with Gasteiger partial charge in [0, 0.05) is 38.8 Å². The number of likely N-dealkylation sites (tertiary alicyclic amines) is 1. The Hall–Kier alpha value is -1.55. The summed E-state index contributed by atoms with van der Waals surface area (Å²) in [7, 11) is 1.85. The molecule has 2 unspecified atom stereocenters. The van der Waals surface area contributed by atoms with Crippen LogP contribution in [0.5, 0.6) is 0 Å². The van der Waals surface area contributed by atoms with Crippen LogP contribution in [0.1, 0.15) is 38.7 Å². The molecule has 2 atom stereocenters. The van der Waals surface area contributed by atoms with E-state index in [0.717, 1.165) is 32.0 Å². The van der Waals surface area contributed by atoms with Gasteiger partial charge in [-0.1, -0.05) is 37.3 Å². The summed E-state index contributed by atoms with van der Waals surface area (Å²) in [5, 5.41) is 6.93. The number of nitrogens with zero attached hydrogens (tertiary/aromatic N) is 2. The molecular weight excluding hydrogens is 272 g/mol. The summed E-state index contributed by atoms with van der Waals surface area (Å²) in [5.74, 6) is 0.940. The van der Waals surface area contributed by atoms with Gasteiger partial charge >= 0.3 is 0 Å². The maximum atomic E-state index is 4.31. The molecule has 1 aliphatic heterocycles. The summed E-state index contributed by atoms with van der Waals surface area (Å²) in [6.07, 6.45) is 3.45. The highest BCUT2D eigenvalue weighted by Crippen LogP contribution is 2.19. The molecule has 1 aromatic carbocycles. The highest BCUT2D eigenvalue weighted by atomic mass is 15.2. The molecule has 4 heteroatoms. The Kier molecular flexibility index (Phi) is 6.72. The second-order valence-corrected chi connectivity index (χ2v) is 6.17. The van der Waals surface area contributed by atoms with Gasteiger partial charge in [0.2, 0.25) is 0 Å². The van der Waals surface area contributed by atoms with Gasteiger partial charge in [-0.25, -0.2) is 0 Å². The van der Waals surface area contributed by atoms with Crippen LogP contribution in [0, 0.1) is 0 Å². The van der Waals surface area contributed by atoms with E-state index in [9.17, 15) is 0 Å². The molecule has 1 fully saturated rings. The van der Waals surface area contributed by atoms with E-state index >= 15 is 0 Å². The molecule has 1 heterocycles. The minimum atomic E-state index is 0.519. The third-order valence-electron chi connectivity index (χ3n) is 4.35. The maximum absolute atomic E-state index is 4.31.